The largest absolute Gasteiger partial charge is 0.382 e. The number of halogens is 2. The summed E-state index contributed by atoms with van der Waals surface area (Å²) in [5, 5.41) is 13.1. The Kier molecular flexibility index (Phi) is 11.2. The Morgan fingerprint density at radius 2 is 1.67 bits per heavy atom. The third-order valence-corrected chi connectivity index (χ3v) is 9.63. The Bertz CT molecular complexity index is 1150. The van der Waals surface area contributed by atoms with Gasteiger partial charge in [0.25, 0.3) is 5.91 Å². The van der Waals surface area contributed by atoms with Gasteiger partial charge in [0, 0.05) is 37.4 Å². The Balaban J connectivity index is 1.41. The molecule has 4 amide bonds. The van der Waals surface area contributed by atoms with Crippen molar-refractivity contribution in [2.24, 2.45) is 11.8 Å². The molecule has 3 fully saturated rings. The summed E-state index contributed by atoms with van der Waals surface area (Å²) in [4.78, 5) is 70.0. The number of hydrogen-bond acceptors (Lipinski definition) is 8. The number of nitrogens with one attached hydrogen (secondary N) is 4. The molecule has 0 spiro atoms. The molecule has 0 aliphatic heterocycles. The van der Waals surface area contributed by atoms with Gasteiger partial charge in [-0.1, -0.05) is 19.3 Å². The van der Waals surface area contributed by atoms with Gasteiger partial charge >= 0.3 is 0 Å². The van der Waals surface area contributed by atoms with E-state index in [9.17, 15) is 32.8 Å². The average Bonchev–Trinajstić information content (AvgIpc) is 3.50. The number of aromatic nitrogens is 1. The SMILES string of the molecule is COC[C@@H](NC(=O)[C@H](NC(=O)C1CCC(F)(F)CC1)C1CCCCC1)C(=O)NC1(C(=O)C(=O)NCc2nccs2)CCC1. The van der Waals surface area contributed by atoms with E-state index in [0.29, 0.717) is 24.3 Å². The number of thiazole rings is 1. The van der Waals surface area contributed by atoms with Crippen LogP contribution < -0.4 is 21.3 Å². The van der Waals surface area contributed by atoms with E-state index in [1.54, 1.807) is 11.6 Å². The maximum atomic E-state index is 13.7. The minimum atomic E-state index is -2.78. The minimum absolute atomic E-state index is 0.0417. The van der Waals surface area contributed by atoms with Crippen LogP contribution in [0.4, 0.5) is 8.78 Å². The highest BCUT2D eigenvalue weighted by Crippen LogP contribution is 2.37. The van der Waals surface area contributed by atoms with Gasteiger partial charge in [-0.3, -0.25) is 24.0 Å². The molecule has 0 radical (unpaired) electrons. The van der Waals surface area contributed by atoms with Gasteiger partial charge in [-0.05, 0) is 50.9 Å². The molecule has 1 heterocycles. The molecule has 1 aromatic heterocycles. The van der Waals surface area contributed by atoms with Gasteiger partial charge in [-0.25, -0.2) is 13.8 Å². The first-order valence-corrected chi connectivity index (χ1v) is 15.9. The van der Waals surface area contributed by atoms with Gasteiger partial charge in [0.15, 0.2) is 0 Å². The molecule has 0 saturated heterocycles. The molecular formula is C29H41F2N5O6S. The summed E-state index contributed by atoms with van der Waals surface area (Å²) in [5.41, 5.74) is -1.39. The van der Waals surface area contributed by atoms with E-state index in [0.717, 1.165) is 19.3 Å². The van der Waals surface area contributed by atoms with Crippen LogP contribution >= 0.6 is 11.3 Å². The number of hydrogen-bond donors (Lipinski definition) is 4. The lowest BCUT2D eigenvalue weighted by atomic mass is 9.73. The van der Waals surface area contributed by atoms with Crippen LogP contribution in [0.25, 0.3) is 0 Å². The first kappa shape index (κ1) is 32.9. The number of ketones is 1. The number of nitrogens with zero attached hydrogens (tertiary/aromatic N) is 1. The summed E-state index contributed by atoms with van der Waals surface area (Å²) in [6, 6.07) is -2.14. The van der Waals surface area contributed by atoms with Crippen LogP contribution in [0.5, 0.6) is 0 Å². The van der Waals surface area contributed by atoms with E-state index in [2.05, 4.69) is 26.3 Å². The van der Waals surface area contributed by atoms with Gasteiger partial charge in [0.05, 0.1) is 13.2 Å². The van der Waals surface area contributed by atoms with Crippen LogP contribution in [0, 0.1) is 11.8 Å². The normalized spacial score (nSPS) is 21.5. The van der Waals surface area contributed by atoms with E-state index in [4.69, 9.17) is 4.74 Å². The highest BCUT2D eigenvalue weighted by Gasteiger charge is 2.49. The van der Waals surface area contributed by atoms with E-state index in [-0.39, 0.29) is 57.6 Å². The van der Waals surface area contributed by atoms with Gasteiger partial charge in [-0.2, -0.15) is 0 Å². The first-order valence-electron chi connectivity index (χ1n) is 15.0. The van der Waals surface area contributed by atoms with Gasteiger partial charge in [-0.15, -0.1) is 11.3 Å². The van der Waals surface area contributed by atoms with Crippen molar-refractivity contribution in [2.75, 3.05) is 13.7 Å². The highest BCUT2D eigenvalue weighted by atomic mass is 32.1. The predicted molar refractivity (Wildman–Crippen MR) is 153 cm³/mol. The molecular weight excluding hydrogens is 584 g/mol. The van der Waals surface area contributed by atoms with Crippen molar-refractivity contribution in [2.45, 2.75) is 107 Å². The van der Waals surface area contributed by atoms with Crippen molar-refractivity contribution in [3.05, 3.63) is 16.6 Å². The zero-order valence-corrected chi connectivity index (χ0v) is 25.2. The highest BCUT2D eigenvalue weighted by molar-refractivity contribution is 7.09. The Hall–Kier alpha value is -3.00. The number of ether oxygens (including phenoxy) is 1. The number of carbonyl (C=O) groups excluding carboxylic acids is 5. The van der Waals surface area contributed by atoms with Crippen LogP contribution in [-0.4, -0.2) is 71.7 Å². The van der Waals surface area contributed by atoms with E-state index in [1.807, 2.05) is 0 Å². The zero-order chi connectivity index (χ0) is 31.0. The quantitative estimate of drug-likeness (QED) is 0.245. The standard InChI is InChI=1S/C29H41F2N5O6S/c1-42-17-20(25(39)36-28(10-5-11-28)23(37)27(41)33-16-21-32-14-15-43-21)34-26(40)22(18-6-3-2-4-7-18)35-24(38)19-8-12-29(30,31)13-9-19/h14-15,18-20,22H,2-13,16-17H2,1H3,(H,33,41)(H,34,40)(H,35,38)(H,36,39)/t20-,22-/m1/s1. The lowest BCUT2D eigenvalue weighted by Gasteiger charge is -2.41. The molecule has 238 valence electrons. The average molecular weight is 626 g/mol. The van der Waals surface area contributed by atoms with Crippen LogP contribution in [-0.2, 0) is 35.3 Å². The van der Waals surface area contributed by atoms with Gasteiger partial charge in [0.2, 0.25) is 29.4 Å². The molecule has 4 rings (SSSR count). The predicted octanol–water partition coefficient (Wildman–Crippen LogP) is 2.39. The summed E-state index contributed by atoms with van der Waals surface area (Å²) in [6.45, 7) is -0.118. The van der Waals surface area contributed by atoms with E-state index >= 15 is 0 Å². The number of methoxy groups -OCH3 is 1. The number of rotatable bonds is 13. The van der Waals surface area contributed by atoms with Crippen molar-refractivity contribution in [1.82, 2.24) is 26.3 Å². The molecule has 1 aromatic rings. The second-order valence-electron chi connectivity index (χ2n) is 11.9. The van der Waals surface area contributed by atoms with Crippen molar-refractivity contribution >= 4 is 40.7 Å². The van der Waals surface area contributed by atoms with Crippen LogP contribution in [0.1, 0.15) is 82.1 Å². The van der Waals surface area contributed by atoms with Crippen molar-refractivity contribution in [3.8, 4) is 0 Å². The fourth-order valence-corrected chi connectivity index (χ4v) is 6.66. The molecule has 0 unspecified atom stereocenters. The second-order valence-corrected chi connectivity index (χ2v) is 12.9. The van der Waals surface area contributed by atoms with Crippen LogP contribution in [0.2, 0.25) is 0 Å². The molecule has 0 aromatic carbocycles. The van der Waals surface area contributed by atoms with Crippen molar-refractivity contribution in [3.63, 3.8) is 0 Å². The molecule has 14 heteroatoms. The number of Topliss-reactive ketones (excluding diaryl/α,β-unsaturated/α-hetero) is 1. The Morgan fingerprint density at radius 1 is 0.977 bits per heavy atom. The zero-order valence-electron chi connectivity index (χ0n) is 24.4. The molecule has 43 heavy (non-hydrogen) atoms. The summed E-state index contributed by atoms with van der Waals surface area (Å²) in [5.74, 6) is -6.85. The maximum Gasteiger partial charge on any atom is 0.290 e. The molecule has 4 N–H and O–H groups in total. The lowest BCUT2D eigenvalue weighted by Crippen LogP contribution is -2.66. The Morgan fingerprint density at radius 3 is 2.26 bits per heavy atom. The van der Waals surface area contributed by atoms with E-state index in [1.165, 1.54) is 18.4 Å². The van der Waals surface area contributed by atoms with Crippen LogP contribution in [0.3, 0.4) is 0 Å². The molecule has 11 nitrogen and oxygen atoms in total. The molecule has 3 saturated carbocycles. The summed E-state index contributed by atoms with van der Waals surface area (Å²) < 4.78 is 32.5. The number of carbonyl (C=O) groups is 5. The summed E-state index contributed by atoms with van der Waals surface area (Å²) in [6.07, 6.45) is 6.31. The third kappa shape index (κ3) is 8.55. The summed E-state index contributed by atoms with van der Waals surface area (Å²) >= 11 is 1.34. The second kappa shape index (κ2) is 14.7. The van der Waals surface area contributed by atoms with Crippen LogP contribution in [0.15, 0.2) is 11.6 Å². The van der Waals surface area contributed by atoms with Gasteiger partial charge in [0.1, 0.15) is 22.6 Å². The topological polar surface area (TPSA) is 156 Å². The Labute approximate surface area is 253 Å². The molecule has 2 atom stereocenters. The van der Waals surface area contributed by atoms with Crippen molar-refractivity contribution < 1.29 is 37.5 Å². The third-order valence-electron chi connectivity index (χ3n) is 8.85. The molecule has 3 aliphatic rings. The number of amides is 4. The smallest absolute Gasteiger partial charge is 0.290 e. The maximum absolute atomic E-state index is 13.7. The number of alkyl halides is 2. The lowest BCUT2D eigenvalue weighted by molar-refractivity contribution is -0.146. The minimum Gasteiger partial charge on any atom is -0.382 e. The molecule has 0 bridgehead atoms. The fourth-order valence-electron chi connectivity index (χ4n) is 6.11. The first-order chi connectivity index (χ1) is 20.5. The molecule has 3 aliphatic carbocycles. The van der Waals surface area contributed by atoms with Crippen molar-refractivity contribution in [1.29, 1.82) is 0 Å². The fraction of sp³-hybridized carbons (Fsp3) is 0.724. The summed E-state index contributed by atoms with van der Waals surface area (Å²) in [7, 11) is 1.36. The monoisotopic (exact) mass is 625 g/mol. The van der Waals surface area contributed by atoms with Gasteiger partial charge < -0.3 is 26.0 Å². The van der Waals surface area contributed by atoms with E-state index < -0.39 is 58.9 Å².